The van der Waals surface area contributed by atoms with E-state index in [4.69, 9.17) is 4.98 Å². The number of aromatic amines is 1. The van der Waals surface area contributed by atoms with E-state index in [9.17, 15) is 4.79 Å². The molecule has 0 radical (unpaired) electrons. The number of carbonyl (C=O) groups is 1. The first-order chi connectivity index (χ1) is 12.6. The van der Waals surface area contributed by atoms with Crippen LogP contribution in [0.25, 0.3) is 11.0 Å². The van der Waals surface area contributed by atoms with Gasteiger partial charge in [0.2, 0.25) is 5.91 Å². The Hall–Kier alpha value is -2.63. The maximum atomic E-state index is 12.6. The number of aryl methyl sites for hydroxylation is 3. The molecule has 1 aromatic carbocycles. The van der Waals surface area contributed by atoms with Crippen molar-refractivity contribution in [3.63, 3.8) is 0 Å². The number of fused-ring (bicyclic) bond motifs is 1. The molecular formula is C20H25N5O. The molecule has 1 amide bonds. The number of piperidine rings is 1. The van der Waals surface area contributed by atoms with Gasteiger partial charge in [0.05, 0.1) is 17.2 Å². The van der Waals surface area contributed by atoms with Crippen molar-refractivity contribution < 1.29 is 4.79 Å². The summed E-state index contributed by atoms with van der Waals surface area (Å²) in [6.45, 7) is 6.32. The van der Waals surface area contributed by atoms with Gasteiger partial charge in [-0.05, 0) is 43.9 Å². The number of aromatic nitrogens is 4. The molecule has 1 N–H and O–H groups in total. The molecule has 1 aliphatic heterocycles. The van der Waals surface area contributed by atoms with E-state index in [2.05, 4.69) is 29.1 Å². The van der Waals surface area contributed by atoms with Crippen molar-refractivity contribution in [2.75, 3.05) is 13.1 Å². The predicted octanol–water partition coefficient (Wildman–Crippen LogP) is 3.17. The first-order valence-electron chi connectivity index (χ1n) is 9.32. The van der Waals surface area contributed by atoms with Gasteiger partial charge in [-0.15, -0.1) is 0 Å². The Bertz CT molecular complexity index is 925. The van der Waals surface area contributed by atoms with Gasteiger partial charge < -0.3 is 9.88 Å². The van der Waals surface area contributed by atoms with E-state index in [-0.39, 0.29) is 11.8 Å². The zero-order valence-electron chi connectivity index (χ0n) is 15.4. The first kappa shape index (κ1) is 16.8. The Labute approximate surface area is 153 Å². The van der Waals surface area contributed by atoms with E-state index in [0.717, 1.165) is 48.4 Å². The topological polar surface area (TPSA) is 66.8 Å². The number of nitrogens with zero attached hydrogens (tertiary/aromatic N) is 4. The van der Waals surface area contributed by atoms with Crippen molar-refractivity contribution in [3.05, 3.63) is 47.5 Å². The monoisotopic (exact) mass is 351 g/mol. The van der Waals surface area contributed by atoms with Crippen molar-refractivity contribution >= 4 is 16.9 Å². The van der Waals surface area contributed by atoms with Crippen LogP contribution in [0.4, 0.5) is 0 Å². The molecule has 3 heterocycles. The number of H-pyrrole nitrogens is 1. The summed E-state index contributed by atoms with van der Waals surface area (Å²) in [5.74, 6) is 1.50. The fourth-order valence-electron chi connectivity index (χ4n) is 3.77. The van der Waals surface area contributed by atoms with Gasteiger partial charge in [-0.3, -0.25) is 9.48 Å². The Balaban J connectivity index is 1.42. The van der Waals surface area contributed by atoms with Gasteiger partial charge in [0, 0.05) is 38.2 Å². The second-order valence-electron chi connectivity index (χ2n) is 7.30. The van der Waals surface area contributed by atoms with Gasteiger partial charge in [0.15, 0.2) is 0 Å². The molecule has 0 aliphatic carbocycles. The summed E-state index contributed by atoms with van der Waals surface area (Å²) in [6, 6.07) is 6.20. The van der Waals surface area contributed by atoms with Crippen LogP contribution >= 0.6 is 0 Å². The molecule has 6 nitrogen and oxygen atoms in total. The van der Waals surface area contributed by atoms with E-state index in [0.29, 0.717) is 13.0 Å². The molecule has 136 valence electrons. The Morgan fingerprint density at radius 2 is 2.23 bits per heavy atom. The summed E-state index contributed by atoms with van der Waals surface area (Å²) in [6.07, 6.45) is 6.38. The highest BCUT2D eigenvalue weighted by molar-refractivity contribution is 5.79. The van der Waals surface area contributed by atoms with Crippen LogP contribution in [0.3, 0.4) is 0 Å². The van der Waals surface area contributed by atoms with Crippen molar-refractivity contribution in [2.24, 2.45) is 0 Å². The first-order valence-corrected chi connectivity index (χ1v) is 9.32. The lowest BCUT2D eigenvalue weighted by Gasteiger charge is -2.32. The van der Waals surface area contributed by atoms with Crippen LogP contribution < -0.4 is 0 Å². The fourth-order valence-corrected chi connectivity index (χ4v) is 3.77. The maximum absolute atomic E-state index is 12.6. The van der Waals surface area contributed by atoms with Crippen molar-refractivity contribution in [3.8, 4) is 0 Å². The van der Waals surface area contributed by atoms with Crippen molar-refractivity contribution in [1.82, 2.24) is 24.6 Å². The summed E-state index contributed by atoms with van der Waals surface area (Å²) in [5.41, 5.74) is 4.43. The molecule has 4 rings (SSSR count). The molecule has 0 unspecified atom stereocenters. The molecule has 0 saturated carbocycles. The molecule has 6 heteroatoms. The molecule has 1 fully saturated rings. The minimum Gasteiger partial charge on any atom is -0.342 e. The standard InChI is InChI=1S/C20H25N5O/c1-14-11-21-25(12-14)10-8-18(26)24-9-4-6-16(13-24)20-22-17-7-3-5-15(2)19(17)23-20/h3,5,7,11-12,16H,4,6,8-10,13H2,1-2H3,(H,22,23)/t16-/m0/s1. The highest BCUT2D eigenvalue weighted by Crippen LogP contribution is 2.28. The van der Waals surface area contributed by atoms with E-state index >= 15 is 0 Å². The third-order valence-corrected chi connectivity index (χ3v) is 5.21. The third kappa shape index (κ3) is 3.36. The molecule has 1 saturated heterocycles. The zero-order valence-corrected chi connectivity index (χ0v) is 15.4. The van der Waals surface area contributed by atoms with Crippen LogP contribution in [0, 0.1) is 13.8 Å². The normalized spacial score (nSPS) is 17.8. The molecular weight excluding hydrogens is 326 g/mol. The summed E-state index contributed by atoms with van der Waals surface area (Å²) < 4.78 is 1.84. The minimum atomic E-state index is 0.204. The smallest absolute Gasteiger partial charge is 0.224 e. The van der Waals surface area contributed by atoms with Gasteiger partial charge in [0.1, 0.15) is 5.82 Å². The Morgan fingerprint density at radius 1 is 1.35 bits per heavy atom. The zero-order chi connectivity index (χ0) is 18.1. The fraction of sp³-hybridized carbons (Fsp3) is 0.450. The van der Waals surface area contributed by atoms with Gasteiger partial charge in [-0.2, -0.15) is 5.10 Å². The number of rotatable bonds is 4. The van der Waals surface area contributed by atoms with Gasteiger partial charge in [-0.25, -0.2) is 4.98 Å². The van der Waals surface area contributed by atoms with Crippen LogP contribution in [0.2, 0.25) is 0 Å². The SMILES string of the molecule is Cc1cnn(CCC(=O)N2CCC[C@H](c3nc4c(C)cccc4[nH]3)C2)c1. The number of amides is 1. The van der Waals surface area contributed by atoms with Crippen LogP contribution in [0.1, 0.15) is 42.1 Å². The quantitative estimate of drug-likeness (QED) is 0.785. The second kappa shape index (κ2) is 6.94. The number of carbonyl (C=O) groups excluding carboxylic acids is 1. The van der Waals surface area contributed by atoms with Crippen LogP contribution in [0.5, 0.6) is 0 Å². The van der Waals surface area contributed by atoms with Crippen LogP contribution in [-0.2, 0) is 11.3 Å². The number of imidazole rings is 1. The van der Waals surface area contributed by atoms with E-state index < -0.39 is 0 Å². The summed E-state index contributed by atoms with van der Waals surface area (Å²) in [4.78, 5) is 22.9. The summed E-state index contributed by atoms with van der Waals surface area (Å²) in [5, 5.41) is 4.26. The van der Waals surface area contributed by atoms with Gasteiger partial charge in [-0.1, -0.05) is 12.1 Å². The highest BCUT2D eigenvalue weighted by Gasteiger charge is 2.26. The molecule has 2 aromatic heterocycles. The van der Waals surface area contributed by atoms with Crippen LogP contribution in [0.15, 0.2) is 30.6 Å². The lowest BCUT2D eigenvalue weighted by Crippen LogP contribution is -2.39. The van der Waals surface area contributed by atoms with Crippen molar-refractivity contribution in [2.45, 2.75) is 45.6 Å². The van der Waals surface area contributed by atoms with E-state index in [1.807, 2.05) is 35.0 Å². The number of benzene rings is 1. The van der Waals surface area contributed by atoms with E-state index in [1.165, 1.54) is 5.56 Å². The largest absolute Gasteiger partial charge is 0.342 e. The molecule has 3 aromatic rings. The highest BCUT2D eigenvalue weighted by atomic mass is 16.2. The van der Waals surface area contributed by atoms with Gasteiger partial charge in [0.25, 0.3) is 0 Å². The average molecular weight is 351 g/mol. The molecule has 0 spiro atoms. The number of para-hydroxylation sites is 1. The Kier molecular flexibility index (Phi) is 4.49. The lowest BCUT2D eigenvalue weighted by molar-refractivity contribution is -0.132. The number of hydrogen-bond acceptors (Lipinski definition) is 3. The Morgan fingerprint density at radius 3 is 3.00 bits per heavy atom. The van der Waals surface area contributed by atoms with E-state index in [1.54, 1.807) is 0 Å². The van der Waals surface area contributed by atoms with Gasteiger partial charge >= 0.3 is 0 Å². The average Bonchev–Trinajstić information content (AvgIpc) is 3.27. The second-order valence-corrected chi connectivity index (χ2v) is 7.30. The molecule has 26 heavy (non-hydrogen) atoms. The summed E-state index contributed by atoms with van der Waals surface area (Å²) >= 11 is 0. The molecule has 0 bridgehead atoms. The number of likely N-dealkylation sites (tertiary alicyclic amines) is 1. The minimum absolute atomic E-state index is 0.204. The third-order valence-electron chi connectivity index (χ3n) is 5.21. The molecule has 1 aliphatic rings. The van der Waals surface area contributed by atoms with Crippen LogP contribution in [-0.4, -0.2) is 43.6 Å². The summed E-state index contributed by atoms with van der Waals surface area (Å²) in [7, 11) is 0. The predicted molar refractivity (Wildman–Crippen MR) is 101 cm³/mol. The lowest BCUT2D eigenvalue weighted by atomic mass is 9.97. The molecule has 1 atom stereocenters. The van der Waals surface area contributed by atoms with Crippen molar-refractivity contribution in [1.29, 1.82) is 0 Å². The number of nitrogens with one attached hydrogen (secondary N) is 1. The maximum Gasteiger partial charge on any atom is 0.224 e. The number of hydrogen-bond donors (Lipinski definition) is 1.